The first-order chi connectivity index (χ1) is 13.0. The van der Waals surface area contributed by atoms with Gasteiger partial charge in [-0.3, -0.25) is 0 Å². The average Bonchev–Trinajstić information content (AvgIpc) is 3.28. The van der Waals surface area contributed by atoms with E-state index in [-0.39, 0.29) is 16.9 Å². The smallest absolute Gasteiger partial charge is 0.349 e. The lowest BCUT2D eigenvalue weighted by Gasteiger charge is -2.32. The molecule has 0 amide bonds. The summed E-state index contributed by atoms with van der Waals surface area (Å²) < 4.78 is 16.3. The Morgan fingerprint density at radius 1 is 1.04 bits per heavy atom. The maximum atomic E-state index is 12.3. The van der Waals surface area contributed by atoms with Crippen LogP contribution in [0.1, 0.15) is 41.8 Å². The van der Waals surface area contributed by atoms with Crippen molar-refractivity contribution in [3.8, 4) is 11.3 Å². The molecule has 0 bridgehead atoms. The second kappa shape index (κ2) is 6.42. The van der Waals surface area contributed by atoms with E-state index in [1.807, 2.05) is 0 Å². The zero-order chi connectivity index (χ0) is 19.0. The van der Waals surface area contributed by atoms with Crippen LogP contribution >= 0.6 is 0 Å². The summed E-state index contributed by atoms with van der Waals surface area (Å²) in [6.45, 7) is 0. The molecule has 27 heavy (non-hydrogen) atoms. The van der Waals surface area contributed by atoms with Gasteiger partial charge in [0.1, 0.15) is 17.1 Å². The molecule has 1 saturated carbocycles. The number of rotatable bonds is 3. The standard InChI is InChI=1S/C20H16O7/c21-17(22)13-5-3-4-12(10-13)16-7-6-14(25-16)11-15-18(23)26-20(27-19(15)24)8-1-2-9-20/h3-7,10-11H,1-2,8-9H2,(H,21,22)/p-1. The predicted octanol–water partition coefficient (Wildman–Crippen LogP) is 2.06. The Labute approximate surface area is 154 Å². The number of hydrogen-bond donors (Lipinski definition) is 0. The maximum Gasteiger partial charge on any atom is 0.349 e. The van der Waals surface area contributed by atoms with Crippen LogP contribution in [0.3, 0.4) is 0 Å². The number of benzene rings is 1. The molecule has 2 aliphatic rings. The fourth-order valence-electron chi connectivity index (χ4n) is 3.31. The van der Waals surface area contributed by atoms with E-state index in [2.05, 4.69) is 0 Å². The minimum Gasteiger partial charge on any atom is -0.545 e. The summed E-state index contributed by atoms with van der Waals surface area (Å²) in [5, 5.41) is 11.0. The molecule has 1 aliphatic heterocycles. The molecule has 0 atom stereocenters. The summed E-state index contributed by atoms with van der Waals surface area (Å²) in [5.74, 6) is -3.25. The lowest BCUT2D eigenvalue weighted by Crippen LogP contribution is -2.44. The minimum atomic E-state index is -1.29. The fourth-order valence-corrected chi connectivity index (χ4v) is 3.31. The quantitative estimate of drug-likeness (QED) is 0.464. The summed E-state index contributed by atoms with van der Waals surface area (Å²) in [7, 11) is 0. The van der Waals surface area contributed by atoms with Crippen molar-refractivity contribution < 1.29 is 33.4 Å². The van der Waals surface area contributed by atoms with E-state index in [0.29, 0.717) is 24.2 Å². The van der Waals surface area contributed by atoms with Crippen molar-refractivity contribution in [3.63, 3.8) is 0 Å². The molecule has 2 aromatic rings. The van der Waals surface area contributed by atoms with Gasteiger partial charge >= 0.3 is 11.9 Å². The van der Waals surface area contributed by atoms with Crippen molar-refractivity contribution in [2.75, 3.05) is 0 Å². The largest absolute Gasteiger partial charge is 0.545 e. The van der Waals surface area contributed by atoms with E-state index in [4.69, 9.17) is 13.9 Å². The van der Waals surface area contributed by atoms with Crippen molar-refractivity contribution >= 4 is 24.0 Å². The number of hydrogen-bond acceptors (Lipinski definition) is 7. The molecule has 1 aliphatic carbocycles. The van der Waals surface area contributed by atoms with Crippen LogP contribution in [-0.4, -0.2) is 23.7 Å². The van der Waals surface area contributed by atoms with E-state index in [1.165, 1.54) is 18.2 Å². The molecule has 2 fully saturated rings. The van der Waals surface area contributed by atoms with Gasteiger partial charge in [0.05, 0.1) is 5.97 Å². The fraction of sp³-hybridized carbons (Fsp3) is 0.250. The molecule has 7 heteroatoms. The second-order valence-electron chi connectivity index (χ2n) is 6.53. The lowest BCUT2D eigenvalue weighted by atomic mass is 10.1. The molecule has 2 heterocycles. The summed E-state index contributed by atoms with van der Waals surface area (Å²) in [4.78, 5) is 35.5. The molecule has 1 aromatic carbocycles. The SMILES string of the molecule is O=C1OC2(CCCC2)OC(=O)C1=Cc1ccc(-c2cccc(C(=O)[O-])c2)o1. The van der Waals surface area contributed by atoms with Crippen LogP contribution in [0.15, 0.2) is 46.4 Å². The van der Waals surface area contributed by atoms with E-state index in [9.17, 15) is 19.5 Å². The van der Waals surface area contributed by atoms with Gasteiger partial charge in [-0.2, -0.15) is 0 Å². The number of furan rings is 1. The Morgan fingerprint density at radius 3 is 2.41 bits per heavy atom. The minimum absolute atomic E-state index is 0.0186. The zero-order valence-electron chi connectivity index (χ0n) is 14.2. The van der Waals surface area contributed by atoms with E-state index in [0.717, 1.165) is 12.8 Å². The summed E-state index contributed by atoms with van der Waals surface area (Å²) >= 11 is 0. The number of carbonyl (C=O) groups excluding carboxylic acids is 3. The van der Waals surface area contributed by atoms with Crippen LogP contribution in [0, 0.1) is 0 Å². The summed E-state index contributed by atoms with van der Waals surface area (Å²) in [5.41, 5.74) is 0.307. The molecular formula is C20H15O7-. The average molecular weight is 367 g/mol. The highest BCUT2D eigenvalue weighted by Gasteiger charge is 2.48. The van der Waals surface area contributed by atoms with Gasteiger partial charge in [-0.15, -0.1) is 0 Å². The van der Waals surface area contributed by atoms with Crippen LogP contribution in [0.5, 0.6) is 0 Å². The van der Waals surface area contributed by atoms with E-state index in [1.54, 1.807) is 24.3 Å². The van der Waals surface area contributed by atoms with Gasteiger partial charge in [-0.25, -0.2) is 9.59 Å². The molecule has 0 N–H and O–H groups in total. The Balaban J connectivity index is 1.59. The highest BCUT2D eigenvalue weighted by atomic mass is 16.7. The molecule has 0 unspecified atom stereocenters. The third kappa shape index (κ3) is 3.23. The molecule has 0 radical (unpaired) electrons. The van der Waals surface area contributed by atoms with Crippen molar-refractivity contribution in [1.29, 1.82) is 0 Å². The first-order valence-electron chi connectivity index (χ1n) is 8.56. The molecule has 1 saturated heterocycles. The Morgan fingerprint density at radius 2 is 1.74 bits per heavy atom. The normalized spacial score (nSPS) is 18.3. The third-order valence-corrected chi connectivity index (χ3v) is 4.66. The zero-order valence-corrected chi connectivity index (χ0v) is 14.2. The Bertz CT molecular complexity index is 938. The first-order valence-corrected chi connectivity index (χ1v) is 8.56. The van der Waals surface area contributed by atoms with Gasteiger partial charge in [0, 0.05) is 24.5 Å². The molecule has 1 aromatic heterocycles. The number of carboxylic acid groups (broad SMARTS) is 1. The number of aromatic carboxylic acids is 1. The van der Waals surface area contributed by atoms with Gasteiger partial charge in [-0.1, -0.05) is 18.2 Å². The molecule has 1 spiro atoms. The predicted molar refractivity (Wildman–Crippen MR) is 89.8 cm³/mol. The van der Waals surface area contributed by atoms with Crippen molar-refractivity contribution in [2.45, 2.75) is 31.5 Å². The van der Waals surface area contributed by atoms with Crippen LogP contribution in [0.2, 0.25) is 0 Å². The summed E-state index contributed by atoms with van der Waals surface area (Å²) in [6, 6.07) is 9.25. The van der Waals surface area contributed by atoms with E-state index < -0.39 is 23.7 Å². The van der Waals surface area contributed by atoms with Crippen molar-refractivity contribution in [3.05, 3.63) is 53.3 Å². The maximum absolute atomic E-state index is 12.3. The van der Waals surface area contributed by atoms with Gasteiger partial charge in [-0.05, 0) is 36.6 Å². The Kier molecular flexibility index (Phi) is 4.07. The van der Waals surface area contributed by atoms with Crippen LogP contribution in [-0.2, 0) is 19.1 Å². The monoisotopic (exact) mass is 367 g/mol. The van der Waals surface area contributed by atoms with Crippen LogP contribution in [0.25, 0.3) is 17.4 Å². The number of carbonyl (C=O) groups is 3. The van der Waals surface area contributed by atoms with Gasteiger partial charge in [0.2, 0.25) is 0 Å². The molecule has 7 nitrogen and oxygen atoms in total. The summed E-state index contributed by atoms with van der Waals surface area (Å²) in [6.07, 6.45) is 3.96. The number of ether oxygens (including phenoxy) is 2. The molecule has 138 valence electrons. The van der Waals surface area contributed by atoms with Gasteiger partial charge in [0.15, 0.2) is 0 Å². The highest BCUT2D eigenvalue weighted by Crippen LogP contribution is 2.38. The third-order valence-electron chi connectivity index (χ3n) is 4.66. The first kappa shape index (κ1) is 17.1. The van der Waals surface area contributed by atoms with Gasteiger partial charge in [0.25, 0.3) is 5.79 Å². The van der Waals surface area contributed by atoms with E-state index >= 15 is 0 Å². The Hall–Kier alpha value is -3.35. The molecular weight excluding hydrogens is 352 g/mol. The van der Waals surface area contributed by atoms with Crippen LogP contribution in [0.4, 0.5) is 0 Å². The van der Waals surface area contributed by atoms with Gasteiger partial charge < -0.3 is 23.8 Å². The van der Waals surface area contributed by atoms with Crippen molar-refractivity contribution in [2.24, 2.45) is 0 Å². The lowest BCUT2D eigenvalue weighted by molar-refractivity contribution is -0.255. The second-order valence-corrected chi connectivity index (χ2v) is 6.53. The number of carboxylic acids is 1. The topological polar surface area (TPSA) is 106 Å². The number of esters is 2. The van der Waals surface area contributed by atoms with Crippen LogP contribution < -0.4 is 5.11 Å². The molecule has 4 rings (SSSR count). The highest BCUT2D eigenvalue weighted by molar-refractivity contribution is 6.18. The van der Waals surface area contributed by atoms with Crippen molar-refractivity contribution in [1.82, 2.24) is 0 Å².